The summed E-state index contributed by atoms with van der Waals surface area (Å²) in [4.78, 5) is 17.8. The van der Waals surface area contributed by atoms with E-state index in [1.165, 1.54) is 6.92 Å². The van der Waals surface area contributed by atoms with Gasteiger partial charge in [0.15, 0.2) is 0 Å². The number of nitrogens with zero attached hydrogens (tertiary/aromatic N) is 3. The Bertz CT molecular complexity index is 616. The SMILES string of the molecule is CC(=O)Nc1ccc2c(c1)nc(C)n2CCCN(C)C. The summed E-state index contributed by atoms with van der Waals surface area (Å²) in [5.41, 5.74) is 2.84. The van der Waals surface area contributed by atoms with Gasteiger partial charge in [0.2, 0.25) is 5.91 Å². The minimum Gasteiger partial charge on any atom is -0.328 e. The number of rotatable bonds is 5. The first-order valence-electron chi connectivity index (χ1n) is 6.86. The van der Waals surface area contributed by atoms with Crippen LogP contribution in [0.2, 0.25) is 0 Å². The van der Waals surface area contributed by atoms with Crippen molar-refractivity contribution < 1.29 is 4.79 Å². The second-order valence-electron chi connectivity index (χ2n) is 5.35. The molecule has 0 aliphatic carbocycles. The lowest BCUT2D eigenvalue weighted by molar-refractivity contribution is -0.114. The van der Waals surface area contributed by atoms with Crippen molar-refractivity contribution in [3.8, 4) is 0 Å². The zero-order valence-electron chi connectivity index (χ0n) is 12.6. The number of hydrogen-bond acceptors (Lipinski definition) is 3. The van der Waals surface area contributed by atoms with E-state index in [9.17, 15) is 4.79 Å². The number of carbonyl (C=O) groups excluding carboxylic acids is 1. The number of benzene rings is 1. The third-order valence-corrected chi connectivity index (χ3v) is 3.25. The number of nitrogens with one attached hydrogen (secondary N) is 1. The molecule has 0 aliphatic heterocycles. The van der Waals surface area contributed by atoms with Crippen LogP contribution in [0.5, 0.6) is 0 Å². The van der Waals surface area contributed by atoms with Gasteiger partial charge in [-0.1, -0.05) is 0 Å². The molecule has 2 rings (SSSR count). The number of fused-ring (bicyclic) bond motifs is 1. The van der Waals surface area contributed by atoms with Gasteiger partial charge in [0, 0.05) is 19.2 Å². The molecule has 108 valence electrons. The van der Waals surface area contributed by atoms with Gasteiger partial charge in [-0.2, -0.15) is 0 Å². The lowest BCUT2D eigenvalue weighted by Crippen LogP contribution is -2.15. The van der Waals surface area contributed by atoms with Crippen molar-refractivity contribution in [1.82, 2.24) is 14.5 Å². The van der Waals surface area contributed by atoms with E-state index in [0.29, 0.717) is 0 Å². The summed E-state index contributed by atoms with van der Waals surface area (Å²) in [5.74, 6) is 0.949. The Morgan fingerprint density at radius 1 is 1.40 bits per heavy atom. The molecule has 1 aromatic heterocycles. The van der Waals surface area contributed by atoms with E-state index in [1.54, 1.807) is 0 Å². The topological polar surface area (TPSA) is 50.2 Å². The highest BCUT2D eigenvalue weighted by Crippen LogP contribution is 2.20. The highest BCUT2D eigenvalue weighted by Gasteiger charge is 2.08. The van der Waals surface area contributed by atoms with Gasteiger partial charge in [-0.25, -0.2) is 4.98 Å². The highest BCUT2D eigenvalue weighted by atomic mass is 16.1. The quantitative estimate of drug-likeness (QED) is 0.910. The van der Waals surface area contributed by atoms with E-state index in [1.807, 2.05) is 25.1 Å². The third kappa shape index (κ3) is 3.36. The zero-order valence-corrected chi connectivity index (χ0v) is 12.6. The fourth-order valence-electron chi connectivity index (χ4n) is 2.36. The first kappa shape index (κ1) is 14.5. The van der Waals surface area contributed by atoms with Crippen molar-refractivity contribution in [2.75, 3.05) is 26.0 Å². The van der Waals surface area contributed by atoms with Gasteiger partial charge in [0.1, 0.15) is 5.82 Å². The van der Waals surface area contributed by atoms with Gasteiger partial charge in [-0.3, -0.25) is 4.79 Å². The molecule has 20 heavy (non-hydrogen) atoms. The fourth-order valence-corrected chi connectivity index (χ4v) is 2.36. The van der Waals surface area contributed by atoms with E-state index in [4.69, 9.17) is 0 Å². The molecule has 0 aliphatic rings. The average molecular weight is 274 g/mol. The van der Waals surface area contributed by atoms with E-state index in [-0.39, 0.29) is 5.91 Å². The van der Waals surface area contributed by atoms with E-state index < -0.39 is 0 Å². The van der Waals surface area contributed by atoms with Crippen molar-refractivity contribution in [1.29, 1.82) is 0 Å². The van der Waals surface area contributed by atoms with Gasteiger partial charge < -0.3 is 14.8 Å². The Labute approximate surface area is 119 Å². The molecule has 2 aromatic rings. The molecule has 0 atom stereocenters. The van der Waals surface area contributed by atoms with Crippen LogP contribution < -0.4 is 5.32 Å². The second-order valence-corrected chi connectivity index (χ2v) is 5.35. The van der Waals surface area contributed by atoms with Crippen LogP contribution in [-0.2, 0) is 11.3 Å². The summed E-state index contributed by atoms with van der Waals surface area (Å²) in [6.07, 6.45) is 1.09. The molecule has 0 saturated heterocycles. The number of anilines is 1. The van der Waals surface area contributed by atoms with Crippen LogP contribution in [0.4, 0.5) is 5.69 Å². The monoisotopic (exact) mass is 274 g/mol. The van der Waals surface area contributed by atoms with Crippen LogP contribution in [0.3, 0.4) is 0 Å². The van der Waals surface area contributed by atoms with Gasteiger partial charge in [-0.15, -0.1) is 0 Å². The maximum Gasteiger partial charge on any atom is 0.221 e. The van der Waals surface area contributed by atoms with Gasteiger partial charge in [0.05, 0.1) is 11.0 Å². The molecular weight excluding hydrogens is 252 g/mol. The molecule has 1 heterocycles. The Morgan fingerprint density at radius 3 is 2.80 bits per heavy atom. The summed E-state index contributed by atoms with van der Waals surface area (Å²) >= 11 is 0. The minimum absolute atomic E-state index is 0.0634. The molecule has 0 unspecified atom stereocenters. The van der Waals surface area contributed by atoms with Crippen LogP contribution in [0.15, 0.2) is 18.2 Å². The zero-order chi connectivity index (χ0) is 14.7. The molecular formula is C15H22N4O. The van der Waals surface area contributed by atoms with Crippen molar-refractivity contribution in [2.24, 2.45) is 0 Å². The maximum atomic E-state index is 11.1. The smallest absolute Gasteiger partial charge is 0.221 e. The molecule has 0 radical (unpaired) electrons. The standard InChI is InChI=1S/C15H22N4O/c1-11-16-14-10-13(17-12(2)20)6-7-15(14)19(11)9-5-8-18(3)4/h6-7,10H,5,8-9H2,1-4H3,(H,17,20). The second kappa shape index (κ2) is 6.05. The van der Waals surface area contributed by atoms with Crippen molar-refractivity contribution >= 4 is 22.6 Å². The number of aryl methyl sites for hydroxylation is 2. The maximum absolute atomic E-state index is 11.1. The van der Waals surface area contributed by atoms with Crippen LogP contribution in [0.25, 0.3) is 11.0 Å². The van der Waals surface area contributed by atoms with Crippen LogP contribution in [0.1, 0.15) is 19.2 Å². The molecule has 1 aromatic carbocycles. The average Bonchev–Trinajstić information content (AvgIpc) is 2.64. The lowest BCUT2D eigenvalue weighted by atomic mass is 10.2. The molecule has 5 heteroatoms. The number of aromatic nitrogens is 2. The molecule has 1 amide bonds. The predicted molar refractivity (Wildman–Crippen MR) is 81.9 cm³/mol. The normalized spacial score (nSPS) is 11.2. The molecule has 0 bridgehead atoms. The summed E-state index contributed by atoms with van der Waals surface area (Å²) in [6.45, 7) is 5.55. The predicted octanol–water partition coefficient (Wildman–Crippen LogP) is 2.25. The fraction of sp³-hybridized carbons (Fsp3) is 0.467. The van der Waals surface area contributed by atoms with E-state index in [2.05, 4.69) is 33.9 Å². The Kier molecular flexibility index (Phi) is 4.39. The molecule has 0 fully saturated rings. The Morgan fingerprint density at radius 2 is 2.15 bits per heavy atom. The van der Waals surface area contributed by atoms with Crippen LogP contribution >= 0.6 is 0 Å². The van der Waals surface area contributed by atoms with Crippen molar-refractivity contribution in [3.05, 3.63) is 24.0 Å². The molecule has 0 saturated carbocycles. The largest absolute Gasteiger partial charge is 0.328 e. The van der Waals surface area contributed by atoms with Crippen LogP contribution in [-0.4, -0.2) is 41.0 Å². The summed E-state index contributed by atoms with van der Waals surface area (Å²) in [7, 11) is 4.16. The van der Waals surface area contributed by atoms with Gasteiger partial charge in [-0.05, 0) is 52.2 Å². The number of carbonyl (C=O) groups is 1. The summed E-state index contributed by atoms with van der Waals surface area (Å²) < 4.78 is 2.23. The van der Waals surface area contributed by atoms with Gasteiger partial charge >= 0.3 is 0 Å². The van der Waals surface area contributed by atoms with Crippen molar-refractivity contribution in [2.45, 2.75) is 26.8 Å². The Hall–Kier alpha value is -1.88. The van der Waals surface area contributed by atoms with E-state index in [0.717, 1.165) is 42.1 Å². The first-order valence-corrected chi connectivity index (χ1v) is 6.86. The minimum atomic E-state index is -0.0634. The summed E-state index contributed by atoms with van der Waals surface area (Å²) in [6, 6.07) is 5.87. The number of imidazole rings is 1. The molecule has 0 spiro atoms. The highest BCUT2D eigenvalue weighted by molar-refractivity contribution is 5.91. The number of hydrogen-bond donors (Lipinski definition) is 1. The third-order valence-electron chi connectivity index (χ3n) is 3.25. The lowest BCUT2D eigenvalue weighted by Gasteiger charge is -2.11. The Balaban J connectivity index is 2.23. The van der Waals surface area contributed by atoms with Gasteiger partial charge in [0.25, 0.3) is 0 Å². The number of amides is 1. The first-order chi connectivity index (χ1) is 9.47. The molecule has 5 nitrogen and oxygen atoms in total. The van der Waals surface area contributed by atoms with E-state index >= 15 is 0 Å². The summed E-state index contributed by atoms with van der Waals surface area (Å²) in [5, 5.41) is 2.79. The van der Waals surface area contributed by atoms with Crippen molar-refractivity contribution in [3.63, 3.8) is 0 Å². The van der Waals surface area contributed by atoms with Crippen LogP contribution in [0, 0.1) is 6.92 Å². The molecule has 1 N–H and O–H groups in total.